The van der Waals surface area contributed by atoms with Crippen LogP contribution in [0.3, 0.4) is 0 Å². The lowest BCUT2D eigenvalue weighted by Crippen LogP contribution is -2.36. The molecule has 1 saturated heterocycles. The van der Waals surface area contributed by atoms with Crippen molar-refractivity contribution in [2.45, 2.75) is 31.7 Å². The molecule has 1 aliphatic heterocycles. The SMILES string of the molecule is O=C(CCc1ccccc1Cl)NCC(c1ccccc1)N1CCCC1. The van der Waals surface area contributed by atoms with E-state index in [2.05, 4.69) is 34.5 Å². The molecule has 132 valence electrons. The van der Waals surface area contributed by atoms with E-state index in [9.17, 15) is 4.79 Å². The normalized spacial score (nSPS) is 15.9. The van der Waals surface area contributed by atoms with Crippen molar-refractivity contribution in [1.29, 1.82) is 0 Å². The number of benzene rings is 2. The van der Waals surface area contributed by atoms with E-state index in [1.807, 2.05) is 30.3 Å². The van der Waals surface area contributed by atoms with Crippen molar-refractivity contribution < 1.29 is 4.79 Å². The molecule has 25 heavy (non-hydrogen) atoms. The van der Waals surface area contributed by atoms with E-state index >= 15 is 0 Å². The molecule has 1 atom stereocenters. The highest BCUT2D eigenvalue weighted by Crippen LogP contribution is 2.24. The van der Waals surface area contributed by atoms with E-state index in [0.29, 0.717) is 19.4 Å². The van der Waals surface area contributed by atoms with Gasteiger partial charge in [0.15, 0.2) is 0 Å². The lowest BCUT2D eigenvalue weighted by atomic mass is 10.1. The zero-order valence-corrected chi connectivity index (χ0v) is 15.2. The Kier molecular flexibility index (Phi) is 6.48. The van der Waals surface area contributed by atoms with Gasteiger partial charge in [0, 0.05) is 18.0 Å². The van der Waals surface area contributed by atoms with Gasteiger partial charge in [-0.05, 0) is 49.5 Å². The van der Waals surface area contributed by atoms with E-state index in [4.69, 9.17) is 11.6 Å². The van der Waals surface area contributed by atoms with Crippen LogP contribution in [0.5, 0.6) is 0 Å². The van der Waals surface area contributed by atoms with Gasteiger partial charge in [0.2, 0.25) is 5.91 Å². The first-order valence-electron chi connectivity index (χ1n) is 9.03. The number of hydrogen-bond acceptors (Lipinski definition) is 2. The predicted molar refractivity (Wildman–Crippen MR) is 103 cm³/mol. The van der Waals surface area contributed by atoms with Crippen LogP contribution in [0.15, 0.2) is 54.6 Å². The maximum Gasteiger partial charge on any atom is 0.220 e. The second-order valence-electron chi connectivity index (χ2n) is 6.57. The number of likely N-dealkylation sites (tertiary alicyclic amines) is 1. The van der Waals surface area contributed by atoms with E-state index < -0.39 is 0 Å². The second kappa shape index (κ2) is 9.02. The van der Waals surface area contributed by atoms with Crippen molar-refractivity contribution in [3.63, 3.8) is 0 Å². The van der Waals surface area contributed by atoms with E-state index in [0.717, 1.165) is 23.7 Å². The van der Waals surface area contributed by atoms with Gasteiger partial charge in [0.25, 0.3) is 0 Å². The Balaban J connectivity index is 1.55. The third-order valence-electron chi connectivity index (χ3n) is 4.84. The number of carbonyl (C=O) groups is 1. The molecule has 0 bridgehead atoms. The van der Waals surface area contributed by atoms with Crippen LogP contribution in [0.1, 0.15) is 36.4 Å². The van der Waals surface area contributed by atoms with Gasteiger partial charge in [-0.25, -0.2) is 0 Å². The highest BCUT2D eigenvalue weighted by atomic mass is 35.5. The third kappa shape index (κ3) is 5.07. The largest absolute Gasteiger partial charge is 0.354 e. The molecule has 0 spiro atoms. The van der Waals surface area contributed by atoms with Crippen LogP contribution in [0.4, 0.5) is 0 Å². The minimum atomic E-state index is 0.0834. The summed E-state index contributed by atoms with van der Waals surface area (Å²) in [6, 6.07) is 18.4. The zero-order valence-electron chi connectivity index (χ0n) is 14.5. The van der Waals surface area contributed by atoms with Crippen molar-refractivity contribution in [3.05, 3.63) is 70.7 Å². The summed E-state index contributed by atoms with van der Waals surface area (Å²) >= 11 is 6.16. The first-order chi connectivity index (χ1) is 12.2. The molecule has 4 heteroatoms. The molecule has 2 aromatic rings. The highest BCUT2D eigenvalue weighted by molar-refractivity contribution is 6.31. The van der Waals surface area contributed by atoms with Crippen LogP contribution < -0.4 is 5.32 Å². The Hall–Kier alpha value is -1.84. The van der Waals surface area contributed by atoms with Gasteiger partial charge in [-0.1, -0.05) is 60.1 Å². The average molecular weight is 357 g/mol. The summed E-state index contributed by atoms with van der Waals surface area (Å²) in [6.45, 7) is 2.87. The summed E-state index contributed by atoms with van der Waals surface area (Å²) in [7, 11) is 0. The summed E-state index contributed by atoms with van der Waals surface area (Å²) < 4.78 is 0. The molecule has 2 aromatic carbocycles. The Morgan fingerprint density at radius 1 is 1.04 bits per heavy atom. The molecule has 0 saturated carbocycles. The first kappa shape index (κ1) is 18.0. The molecule has 3 rings (SSSR count). The van der Waals surface area contributed by atoms with Crippen molar-refractivity contribution in [3.8, 4) is 0 Å². The number of carbonyl (C=O) groups excluding carboxylic acids is 1. The van der Waals surface area contributed by atoms with Crippen LogP contribution in [-0.4, -0.2) is 30.4 Å². The number of nitrogens with zero attached hydrogens (tertiary/aromatic N) is 1. The van der Waals surface area contributed by atoms with Crippen LogP contribution in [0.25, 0.3) is 0 Å². The minimum absolute atomic E-state index is 0.0834. The Morgan fingerprint density at radius 2 is 1.72 bits per heavy atom. The lowest BCUT2D eigenvalue weighted by Gasteiger charge is -2.28. The molecule has 3 nitrogen and oxygen atoms in total. The molecule has 1 heterocycles. The summed E-state index contributed by atoms with van der Waals surface area (Å²) in [4.78, 5) is 14.8. The van der Waals surface area contributed by atoms with Gasteiger partial charge in [0.1, 0.15) is 0 Å². The molecule has 1 unspecified atom stereocenters. The number of aryl methyl sites for hydroxylation is 1. The molecule has 1 fully saturated rings. The van der Waals surface area contributed by atoms with Crippen molar-refractivity contribution in [2.75, 3.05) is 19.6 Å². The second-order valence-corrected chi connectivity index (χ2v) is 6.97. The van der Waals surface area contributed by atoms with Gasteiger partial charge >= 0.3 is 0 Å². The summed E-state index contributed by atoms with van der Waals surface area (Å²) in [6.07, 6.45) is 3.62. The van der Waals surface area contributed by atoms with Gasteiger partial charge in [-0.15, -0.1) is 0 Å². The number of nitrogens with one attached hydrogen (secondary N) is 1. The lowest BCUT2D eigenvalue weighted by molar-refractivity contribution is -0.121. The van der Waals surface area contributed by atoms with E-state index in [1.54, 1.807) is 0 Å². The molecule has 1 amide bonds. The molecular formula is C21H25ClN2O. The predicted octanol–water partition coefficient (Wildman–Crippen LogP) is 4.23. The molecule has 0 aliphatic carbocycles. The average Bonchev–Trinajstić information content (AvgIpc) is 3.16. The third-order valence-corrected chi connectivity index (χ3v) is 5.21. The Labute approximate surface area is 155 Å². The quantitative estimate of drug-likeness (QED) is 0.805. The summed E-state index contributed by atoms with van der Waals surface area (Å²) in [5, 5.41) is 3.86. The Bertz CT molecular complexity index is 683. The highest BCUT2D eigenvalue weighted by Gasteiger charge is 2.23. The Morgan fingerprint density at radius 3 is 2.44 bits per heavy atom. The fourth-order valence-corrected chi connectivity index (χ4v) is 3.66. The molecule has 1 aliphatic rings. The minimum Gasteiger partial charge on any atom is -0.354 e. The van der Waals surface area contributed by atoms with Gasteiger partial charge in [-0.2, -0.15) is 0 Å². The number of halogens is 1. The fraction of sp³-hybridized carbons (Fsp3) is 0.381. The van der Waals surface area contributed by atoms with Crippen molar-refractivity contribution >= 4 is 17.5 Å². The molecule has 0 aromatic heterocycles. The number of amides is 1. The summed E-state index contributed by atoms with van der Waals surface area (Å²) in [5.74, 6) is 0.0834. The number of rotatable bonds is 7. The van der Waals surface area contributed by atoms with Gasteiger partial charge < -0.3 is 5.32 Å². The van der Waals surface area contributed by atoms with Crippen molar-refractivity contribution in [1.82, 2.24) is 10.2 Å². The van der Waals surface area contributed by atoms with E-state index in [1.165, 1.54) is 18.4 Å². The van der Waals surface area contributed by atoms with Crippen LogP contribution in [0, 0.1) is 0 Å². The van der Waals surface area contributed by atoms with Crippen LogP contribution >= 0.6 is 11.6 Å². The standard InChI is InChI=1S/C21H25ClN2O/c22-19-11-5-4-8-17(19)12-13-21(25)23-16-20(24-14-6-7-15-24)18-9-2-1-3-10-18/h1-5,8-11,20H,6-7,12-16H2,(H,23,25). The van der Waals surface area contributed by atoms with Crippen LogP contribution in [0.2, 0.25) is 5.02 Å². The first-order valence-corrected chi connectivity index (χ1v) is 9.41. The monoisotopic (exact) mass is 356 g/mol. The van der Waals surface area contributed by atoms with Crippen LogP contribution in [-0.2, 0) is 11.2 Å². The maximum absolute atomic E-state index is 12.3. The topological polar surface area (TPSA) is 32.3 Å². The molecular weight excluding hydrogens is 332 g/mol. The molecule has 1 N–H and O–H groups in total. The molecule has 0 radical (unpaired) electrons. The number of hydrogen-bond donors (Lipinski definition) is 1. The zero-order chi connectivity index (χ0) is 17.5. The summed E-state index contributed by atoms with van der Waals surface area (Å²) in [5.41, 5.74) is 2.30. The van der Waals surface area contributed by atoms with E-state index in [-0.39, 0.29) is 11.9 Å². The van der Waals surface area contributed by atoms with Crippen molar-refractivity contribution in [2.24, 2.45) is 0 Å². The smallest absolute Gasteiger partial charge is 0.220 e. The maximum atomic E-state index is 12.3. The fourth-order valence-electron chi connectivity index (χ4n) is 3.43. The van der Waals surface area contributed by atoms with Gasteiger partial charge in [0.05, 0.1) is 6.04 Å². The van der Waals surface area contributed by atoms with Gasteiger partial charge in [-0.3, -0.25) is 9.69 Å².